The highest BCUT2D eigenvalue weighted by molar-refractivity contribution is 9.10. The lowest BCUT2D eigenvalue weighted by Crippen LogP contribution is -2.17. The Balaban J connectivity index is 2.02. The topological polar surface area (TPSA) is 12.0 Å². The molecule has 0 aliphatic rings. The molecule has 2 rings (SSSR count). The van der Waals surface area contributed by atoms with Crippen LogP contribution in [0, 0.1) is 5.82 Å². The molecule has 0 fully saturated rings. The maximum atomic E-state index is 13.1. The highest BCUT2D eigenvalue weighted by atomic mass is 79.9. The molecule has 0 amide bonds. The molecule has 0 unspecified atom stereocenters. The molecule has 0 saturated heterocycles. The number of halogens is 5. The average molecular weight is 362 g/mol. The normalized spacial score (nSPS) is 11.7. The van der Waals surface area contributed by atoms with Gasteiger partial charge in [-0.3, -0.25) is 0 Å². The molecule has 0 radical (unpaired) electrons. The first-order valence-corrected chi connectivity index (χ1v) is 6.97. The summed E-state index contributed by atoms with van der Waals surface area (Å²) in [7, 11) is 0. The fourth-order valence-electron chi connectivity index (χ4n) is 1.94. The van der Waals surface area contributed by atoms with Crippen LogP contribution in [0.25, 0.3) is 0 Å². The van der Waals surface area contributed by atoms with Crippen LogP contribution in [0.5, 0.6) is 0 Å². The van der Waals surface area contributed by atoms with Crippen molar-refractivity contribution in [1.29, 1.82) is 0 Å². The molecule has 0 aliphatic carbocycles. The van der Waals surface area contributed by atoms with Crippen LogP contribution in [0.4, 0.5) is 17.6 Å². The lowest BCUT2D eigenvalue weighted by atomic mass is 10.1. The highest BCUT2D eigenvalue weighted by Crippen LogP contribution is 2.31. The van der Waals surface area contributed by atoms with E-state index in [9.17, 15) is 17.6 Å². The third kappa shape index (κ3) is 4.28. The van der Waals surface area contributed by atoms with Gasteiger partial charge in [-0.05, 0) is 45.3 Å². The molecular weight excluding hydrogens is 350 g/mol. The third-order valence-corrected chi connectivity index (χ3v) is 3.56. The van der Waals surface area contributed by atoms with Gasteiger partial charge in [-0.2, -0.15) is 13.2 Å². The summed E-state index contributed by atoms with van der Waals surface area (Å²) < 4.78 is 51.9. The van der Waals surface area contributed by atoms with Gasteiger partial charge in [0.25, 0.3) is 0 Å². The minimum Gasteiger partial charge on any atom is -0.309 e. The van der Waals surface area contributed by atoms with E-state index in [4.69, 9.17) is 0 Å². The number of hydrogen-bond acceptors (Lipinski definition) is 1. The molecule has 0 bridgehead atoms. The van der Waals surface area contributed by atoms with E-state index >= 15 is 0 Å². The van der Waals surface area contributed by atoms with E-state index in [1.54, 1.807) is 18.2 Å². The van der Waals surface area contributed by atoms with E-state index in [1.165, 1.54) is 18.2 Å². The van der Waals surface area contributed by atoms with Crippen LogP contribution in [0.2, 0.25) is 0 Å². The largest absolute Gasteiger partial charge is 0.416 e. The summed E-state index contributed by atoms with van der Waals surface area (Å²) in [5.41, 5.74) is 0.330. The van der Waals surface area contributed by atoms with Crippen molar-refractivity contribution in [2.45, 2.75) is 19.3 Å². The molecule has 0 aromatic heterocycles. The molecule has 112 valence electrons. The molecule has 1 nitrogen and oxygen atoms in total. The maximum absolute atomic E-state index is 13.1. The minimum absolute atomic E-state index is 0.0880. The standard InChI is InChI=1S/C15H12BrF4N/c16-13-7-10(5-6-14(13)17)8-21-9-11-3-1-2-4-12(11)15(18,19)20/h1-7,21H,8-9H2. The second-order valence-electron chi connectivity index (χ2n) is 4.51. The van der Waals surface area contributed by atoms with Gasteiger partial charge in [0.05, 0.1) is 10.0 Å². The summed E-state index contributed by atoms with van der Waals surface area (Å²) in [5.74, 6) is -0.374. The van der Waals surface area contributed by atoms with Gasteiger partial charge in [0.2, 0.25) is 0 Å². The smallest absolute Gasteiger partial charge is 0.309 e. The number of rotatable bonds is 4. The zero-order valence-corrected chi connectivity index (χ0v) is 12.4. The van der Waals surface area contributed by atoms with Crippen molar-refractivity contribution in [2.75, 3.05) is 0 Å². The molecule has 0 spiro atoms. The minimum atomic E-state index is -4.36. The number of hydrogen-bond donors (Lipinski definition) is 1. The molecule has 2 aromatic carbocycles. The van der Waals surface area contributed by atoms with Crippen LogP contribution in [0.1, 0.15) is 16.7 Å². The second-order valence-corrected chi connectivity index (χ2v) is 5.36. The summed E-state index contributed by atoms with van der Waals surface area (Å²) in [6, 6.07) is 9.93. The Morgan fingerprint density at radius 2 is 1.71 bits per heavy atom. The summed E-state index contributed by atoms with van der Waals surface area (Å²) in [5, 5.41) is 2.93. The van der Waals surface area contributed by atoms with Gasteiger partial charge in [0.1, 0.15) is 5.82 Å². The van der Waals surface area contributed by atoms with Crippen molar-refractivity contribution < 1.29 is 17.6 Å². The molecule has 1 N–H and O–H groups in total. The Bertz CT molecular complexity index is 625. The Hall–Kier alpha value is -1.40. The van der Waals surface area contributed by atoms with E-state index in [1.807, 2.05) is 0 Å². The first-order valence-electron chi connectivity index (χ1n) is 6.17. The quantitative estimate of drug-likeness (QED) is 0.764. The summed E-state index contributed by atoms with van der Waals surface area (Å²) in [6.07, 6.45) is -4.36. The van der Waals surface area contributed by atoms with E-state index in [2.05, 4.69) is 21.2 Å². The van der Waals surface area contributed by atoms with E-state index in [0.29, 0.717) is 11.0 Å². The lowest BCUT2D eigenvalue weighted by molar-refractivity contribution is -0.138. The summed E-state index contributed by atoms with van der Waals surface area (Å²) in [6.45, 7) is 0.440. The van der Waals surface area contributed by atoms with Gasteiger partial charge < -0.3 is 5.32 Å². The van der Waals surface area contributed by atoms with Gasteiger partial charge in [0, 0.05) is 13.1 Å². The van der Waals surface area contributed by atoms with Crippen molar-refractivity contribution in [3.63, 3.8) is 0 Å². The van der Waals surface area contributed by atoms with Crippen LogP contribution < -0.4 is 5.32 Å². The maximum Gasteiger partial charge on any atom is 0.416 e. The molecule has 0 heterocycles. The predicted octanol–water partition coefficient (Wildman–Crippen LogP) is 4.90. The Morgan fingerprint density at radius 1 is 1.00 bits per heavy atom. The zero-order valence-electron chi connectivity index (χ0n) is 10.8. The average Bonchev–Trinajstić information content (AvgIpc) is 2.42. The molecule has 2 aromatic rings. The molecule has 0 saturated carbocycles. The van der Waals surface area contributed by atoms with E-state index in [0.717, 1.165) is 11.6 Å². The van der Waals surface area contributed by atoms with Crippen molar-refractivity contribution in [3.8, 4) is 0 Å². The van der Waals surface area contributed by atoms with Crippen LogP contribution in [0.15, 0.2) is 46.9 Å². The Labute approximate surface area is 128 Å². The Kier molecular flexibility index (Phi) is 5.00. The van der Waals surface area contributed by atoms with Crippen molar-refractivity contribution in [2.24, 2.45) is 0 Å². The fourth-order valence-corrected chi connectivity index (χ4v) is 2.37. The first-order chi connectivity index (χ1) is 9.88. The molecule has 0 aliphatic heterocycles. The van der Waals surface area contributed by atoms with Crippen molar-refractivity contribution >= 4 is 15.9 Å². The SMILES string of the molecule is Fc1ccc(CNCc2ccccc2C(F)(F)F)cc1Br. The van der Waals surface area contributed by atoms with Crippen LogP contribution in [0.3, 0.4) is 0 Å². The Morgan fingerprint density at radius 3 is 2.38 bits per heavy atom. The van der Waals surface area contributed by atoms with Gasteiger partial charge in [-0.1, -0.05) is 24.3 Å². The first kappa shape index (κ1) is 16.0. The van der Waals surface area contributed by atoms with Crippen LogP contribution >= 0.6 is 15.9 Å². The van der Waals surface area contributed by atoms with Gasteiger partial charge in [-0.15, -0.1) is 0 Å². The third-order valence-electron chi connectivity index (χ3n) is 2.95. The van der Waals surface area contributed by atoms with Gasteiger partial charge in [-0.25, -0.2) is 4.39 Å². The van der Waals surface area contributed by atoms with Gasteiger partial charge in [0.15, 0.2) is 0 Å². The fraction of sp³-hybridized carbons (Fsp3) is 0.200. The molecule has 21 heavy (non-hydrogen) atoms. The number of nitrogens with one attached hydrogen (secondary N) is 1. The second kappa shape index (κ2) is 6.58. The molecular formula is C15H12BrF4N. The zero-order chi connectivity index (χ0) is 15.5. The predicted molar refractivity (Wildman–Crippen MR) is 76.1 cm³/mol. The summed E-state index contributed by atoms with van der Waals surface area (Å²) >= 11 is 3.07. The highest BCUT2D eigenvalue weighted by Gasteiger charge is 2.32. The lowest BCUT2D eigenvalue weighted by Gasteiger charge is -2.13. The van der Waals surface area contributed by atoms with Crippen molar-refractivity contribution in [1.82, 2.24) is 5.32 Å². The number of alkyl halides is 3. The van der Waals surface area contributed by atoms with Crippen LogP contribution in [-0.4, -0.2) is 0 Å². The summed E-state index contributed by atoms with van der Waals surface area (Å²) in [4.78, 5) is 0. The number of benzene rings is 2. The van der Waals surface area contributed by atoms with Gasteiger partial charge >= 0.3 is 6.18 Å². The molecule has 0 atom stereocenters. The van der Waals surface area contributed by atoms with Crippen LogP contribution in [-0.2, 0) is 19.3 Å². The monoisotopic (exact) mass is 361 g/mol. The van der Waals surface area contributed by atoms with Crippen molar-refractivity contribution in [3.05, 3.63) is 69.4 Å². The molecule has 6 heteroatoms. The van der Waals surface area contributed by atoms with E-state index in [-0.39, 0.29) is 17.9 Å². The van der Waals surface area contributed by atoms with E-state index < -0.39 is 11.7 Å².